The topological polar surface area (TPSA) is 73.3 Å². The number of hydrogen-bond donors (Lipinski definition) is 1. The second-order valence-electron chi connectivity index (χ2n) is 2.71. The molecular weight excluding hydrogens is 178 g/mol. The lowest BCUT2D eigenvalue weighted by Gasteiger charge is -2.05. The maximum absolute atomic E-state index is 10.8. The van der Waals surface area contributed by atoms with Crippen LogP contribution in [0.1, 0.15) is 11.8 Å². The molecule has 0 fully saturated rings. The molecule has 12 heavy (non-hydrogen) atoms. The van der Waals surface area contributed by atoms with Gasteiger partial charge in [0, 0.05) is 6.26 Å². The summed E-state index contributed by atoms with van der Waals surface area (Å²) in [7, 11) is -3.03. The van der Waals surface area contributed by atoms with E-state index in [-0.39, 0.29) is 5.75 Å². The largest absolute Gasteiger partial charge is 0.468 e. The zero-order chi connectivity index (χ0) is 9.19. The van der Waals surface area contributed by atoms with Gasteiger partial charge >= 0.3 is 0 Å². The van der Waals surface area contributed by atoms with Gasteiger partial charge in [0.25, 0.3) is 0 Å². The molecule has 0 aliphatic heterocycles. The number of hydrogen-bond acceptors (Lipinski definition) is 4. The minimum Gasteiger partial charge on any atom is -0.468 e. The van der Waals surface area contributed by atoms with Crippen LogP contribution in [0.25, 0.3) is 0 Å². The van der Waals surface area contributed by atoms with Crippen LogP contribution in [0.3, 0.4) is 0 Å². The number of furan rings is 1. The van der Waals surface area contributed by atoms with Crippen molar-refractivity contribution in [1.29, 1.82) is 0 Å². The van der Waals surface area contributed by atoms with Crippen molar-refractivity contribution in [2.45, 2.75) is 6.04 Å². The van der Waals surface area contributed by atoms with Crippen molar-refractivity contribution < 1.29 is 12.8 Å². The third kappa shape index (κ3) is 2.67. The van der Waals surface area contributed by atoms with Gasteiger partial charge in [0.2, 0.25) is 0 Å². The first kappa shape index (κ1) is 9.28. The summed E-state index contributed by atoms with van der Waals surface area (Å²) in [5.74, 6) is 0.418. The van der Waals surface area contributed by atoms with Gasteiger partial charge < -0.3 is 10.2 Å². The average Bonchev–Trinajstić information content (AvgIpc) is 2.32. The molecule has 1 aromatic rings. The molecule has 0 aliphatic rings. The van der Waals surface area contributed by atoms with Gasteiger partial charge in [-0.05, 0) is 12.1 Å². The molecule has 0 radical (unpaired) electrons. The van der Waals surface area contributed by atoms with Crippen LogP contribution in [0.4, 0.5) is 0 Å². The van der Waals surface area contributed by atoms with Gasteiger partial charge in [-0.25, -0.2) is 8.42 Å². The van der Waals surface area contributed by atoms with E-state index in [1.807, 2.05) is 0 Å². The second-order valence-corrected chi connectivity index (χ2v) is 4.90. The summed E-state index contributed by atoms with van der Waals surface area (Å²) in [5, 5.41) is 0. The van der Waals surface area contributed by atoms with Crippen LogP contribution in [-0.4, -0.2) is 20.4 Å². The van der Waals surface area contributed by atoms with Crippen LogP contribution in [-0.2, 0) is 9.84 Å². The summed E-state index contributed by atoms with van der Waals surface area (Å²) >= 11 is 0. The molecule has 0 saturated heterocycles. The minimum absolute atomic E-state index is 0.0828. The van der Waals surface area contributed by atoms with Crippen LogP contribution < -0.4 is 5.73 Å². The summed E-state index contributed by atoms with van der Waals surface area (Å²) in [6.45, 7) is 0. The van der Waals surface area contributed by atoms with Gasteiger partial charge in [-0.15, -0.1) is 0 Å². The Morgan fingerprint density at radius 2 is 2.33 bits per heavy atom. The predicted octanol–water partition coefficient (Wildman–Crippen LogP) is 0.324. The molecule has 68 valence electrons. The molecule has 2 N–H and O–H groups in total. The normalized spacial score (nSPS) is 14.5. The summed E-state index contributed by atoms with van der Waals surface area (Å²) in [6, 6.07) is 2.78. The van der Waals surface area contributed by atoms with E-state index >= 15 is 0 Å². The fourth-order valence-electron chi connectivity index (χ4n) is 0.911. The maximum atomic E-state index is 10.8. The Labute approximate surface area is 71.3 Å². The predicted molar refractivity (Wildman–Crippen MR) is 45.3 cm³/mol. The third-order valence-electron chi connectivity index (χ3n) is 1.39. The van der Waals surface area contributed by atoms with E-state index in [2.05, 4.69) is 0 Å². The fourth-order valence-corrected chi connectivity index (χ4v) is 1.73. The Balaban J connectivity index is 2.68. The van der Waals surface area contributed by atoms with E-state index in [0.29, 0.717) is 5.76 Å². The van der Waals surface area contributed by atoms with Gasteiger partial charge in [-0.3, -0.25) is 0 Å². The van der Waals surface area contributed by atoms with Crippen LogP contribution in [0.5, 0.6) is 0 Å². The smallest absolute Gasteiger partial charge is 0.149 e. The van der Waals surface area contributed by atoms with Crippen molar-refractivity contribution in [3.8, 4) is 0 Å². The number of rotatable bonds is 3. The van der Waals surface area contributed by atoms with Gasteiger partial charge in [0.15, 0.2) is 0 Å². The molecule has 0 amide bonds. The first-order valence-electron chi connectivity index (χ1n) is 3.46. The molecule has 0 aromatic carbocycles. The third-order valence-corrected chi connectivity index (χ3v) is 2.36. The first-order chi connectivity index (χ1) is 5.49. The second kappa shape index (κ2) is 3.28. The Kier molecular flexibility index (Phi) is 2.54. The number of nitrogens with two attached hydrogens (primary N) is 1. The van der Waals surface area contributed by atoms with Gasteiger partial charge in [0.05, 0.1) is 18.1 Å². The van der Waals surface area contributed by atoms with Crippen molar-refractivity contribution >= 4 is 9.84 Å². The van der Waals surface area contributed by atoms with E-state index in [9.17, 15) is 8.42 Å². The van der Waals surface area contributed by atoms with Crippen molar-refractivity contribution in [2.24, 2.45) is 5.73 Å². The SMILES string of the molecule is CS(=O)(=O)C[C@H](N)c1ccco1. The molecule has 1 heterocycles. The number of sulfone groups is 1. The lowest BCUT2D eigenvalue weighted by atomic mass is 10.3. The van der Waals surface area contributed by atoms with E-state index in [1.165, 1.54) is 6.26 Å². The molecular formula is C7H11NO3S. The Morgan fingerprint density at radius 3 is 2.75 bits per heavy atom. The van der Waals surface area contributed by atoms with Crippen LogP contribution in [0.15, 0.2) is 22.8 Å². The molecule has 0 unspecified atom stereocenters. The molecule has 1 rings (SSSR count). The standard InChI is InChI=1S/C7H11NO3S/c1-12(9,10)5-6(8)7-3-2-4-11-7/h2-4,6H,5,8H2,1H3/t6-/m0/s1. The van der Waals surface area contributed by atoms with Crippen molar-refractivity contribution in [3.63, 3.8) is 0 Å². The van der Waals surface area contributed by atoms with Crippen LogP contribution >= 0.6 is 0 Å². The minimum atomic E-state index is -3.03. The molecule has 5 heteroatoms. The fraction of sp³-hybridized carbons (Fsp3) is 0.429. The molecule has 1 aromatic heterocycles. The zero-order valence-electron chi connectivity index (χ0n) is 6.73. The van der Waals surface area contributed by atoms with Gasteiger partial charge in [0.1, 0.15) is 15.6 Å². The highest BCUT2D eigenvalue weighted by Gasteiger charge is 2.14. The van der Waals surface area contributed by atoms with E-state index in [1.54, 1.807) is 12.1 Å². The average molecular weight is 189 g/mol. The first-order valence-corrected chi connectivity index (χ1v) is 5.52. The zero-order valence-corrected chi connectivity index (χ0v) is 7.54. The highest BCUT2D eigenvalue weighted by atomic mass is 32.2. The van der Waals surface area contributed by atoms with Crippen LogP contribution in [0, 0.1) is 0 Å². The maximum Gasteiger partial charge on any atom is 0.149 e. The molecule has 0 aliphatic carbocycles. The summed E-state index contributed by atoms with van der Waals surface area (Å²) < 4.78 is 26.6. The molecule has 0 spiro atoms. The van der Waals surface area contributed by atoms with Crippen molar-refractivity contribution in [1.82, 2.24) is 0 Å². The molecule has 0 saturated carbocycles. The Bertz CT molecular complexity index is 328. The van der Waals surface area contributed by atoms with Crippen molar-refractivity contribution in [3.05, 3.63) is 24.2 Å². The molecule has 4 nitrogen and oxygen atoms in total. The van der Waals surface area contributed by atoms with E-state index in [4.69, 9.17) is 10.2 Å². The highest BCUT2D eigenvalue weighted by Crippen LogP contribution is 2.11. The monoisotopic (exact) mass is 189 g/mol. The lowest BCUT2D eigenvalue weighted by molar-refractivity contribution is 0.478. The quantitative estimate of drug-likeness (QED) is 0.743. The summed E-state index contributed by atoms with van der Waals surface area (Å²) in [5.41, 5.74) is 5.55. The molecule has 0 bridgehead atoms. The summed E-state index contributed by atoms with van der Waals surface area (Å²) in [4.78, 5) is 0. The lowest BCUT2D eigenvalue weighted by Crippen LogP contribution is -2.20. The molecule has 1 atom stereocenters. The Morgan fingerprint density at radius 1 is 1.67 bits per heavy atom. The summed E-state index contributed by atoms with van der Waals surface area (Å²) in [6.07, 6.45) is 2.62. The van der Waals surface area contributed by atoms with E-state index in [0.717, 1.165) is 6.26 Å². The van der Waals surface area contributed by atoms with Crippen molar-refractivity contribution in [2.75, 3.05) is 12.0 Å². The van der Waals surface area contributed by atoms with Gasteiger partial charge in [-0.2, -0.15) is 0 Å². The van der Waals surface area contributed by atoms with E-state index < -0.39 is 15.9 Å². The Hall–Kier alpha value is -0.810. The highest BCUT2D eigenvalue weighted by molar-refractivity contribution is 7.90. The van der Waals surface area contributed by atoms with Crippen LogP contribution in [0.2, 0.25) is 0 Å². The van der Waals surface area contributed by atoms with Gasteiger partial charge in [-0.1, -0.05) is 0 Å².